The minimum absolute atomic E-state index is 0.252. The van der Waals surface area contributed by atoms with Gasteiger partial charge in [0.1, 0.15) is 5.75 Å². The number of benzene rings is 2. The van der Waals surface area contributed by atoms with Gasteiger partial charge >= 0.3 is 0 Å². The second kappa shape index (κ2) is 9.72. The van der Waals surface area contributed by atoms with E-state index in [4.69, 9.17) is 9.47 Å². The highest BCUT2D eigenvalue weighted by Crippen LogP contribution is 2.34. The number of hydrogen-bond acceptors (Lipinski definition) is 3. The largest absolute Gasteiger partial charge is 0.467 e. The van der Waals surface area contributed by atoms with Gasteiger partial charge in [0.25, 0.3) is 0 Å². The summed E-state index contributed by atoms with van der Waals surface area (Å²) in [5.41, 5.74) is 4.76. The maximum absolute atomic E-state index is 5.83. The molecule has 1 atom stereocenters. The first-order valence-corrected chi connectivity index (χ1v) is 9.97. The Hall–Kier alpha value is -2.10. The molecule has 3 rings (SSSR count). The Morgan fingerprint density at radius 2 is 1.96 bits per heavy atom. The van der Waals surface area contributed by atoms with Crippen molar-refractivity contribution in [3.05, 3.63) is 59.7 Å². The average molecular weight is 366 g/mol. The molecule has 1 fully saturated rings. The van der Waals surface area contributed by atoms with Crippen molar-refractivity contribution in [1.29, 1.82) is 0 Å². The van der Waals surface area contributed by atoms with Gasteiger partial charge in [0, 0.05) is 18.7 Å². The number of methoxy groups -OCH3 is 1. The Labute approximate surface area is 163 Å². The van der Waals surface area contributed by atoms with E-state index in [1.165, 1.54) is 42.5 Å². The van der Waals surface area contributed by atoms with Crippen molar-refractivity contribution in [3.63, 3.8) is 0 Å². The lowest BCUT2D eigenvalue weighted by molar-refractivity contribution is 0.0515. The second-order valence-corrected chi connectivity index (χ2v) is 7.19. The van der Waals surface area contributed by atoms with Crippen LogP contribution < -0.4 is 4.74 Å². The van der Waals surface area contributed by atoms with Gasteiger partial charge in [0.2, 0.25) is 0 Å². The normalized spacial score (nSPS) is 18.1. The molecule has 3 heteroatoms. The lowest BCUT2D eigenvalue weighted by Crippen LogP contribution is -2.37. The van der Waals surface area contributed by atoms with Crippen LogP contribution in [0.1, 0.15) is 37.3 Å². The van der Waals surface area contributed by atoms with Gasteiger partial charge in [-0.05, 0) is 56.1 Å². The van der Waals surface area contributed by atoms with Gasteiger partial charge in [-0.15, -0.1) is 0 Å². The average Bonchev–Trinajstić information content (AvgIpc) is 2.71. The van der Waals surface area contributed by atoms with E-state index >= 15 is 0 Å². The highest BCUT2D eigenvalue weighted by Gasteiger charge is 2.18. The second-order valence-electron chi connectivity index (χ2n) is 7.19. The number of piperidine rings is 1. The SMILES string of the molecule is CCN1CCCCC1/C=C/c1ccccc1-c1cc(C)ccc1OCOC. The van der Waals surface area contributed by atoms with E-state index in [1.807, 2.05) is 6.07 Å². The summed E-state index contributed by atoms with van der Waals surface area (Å²) in [6.07, 6.45) is 8.56. The van der Waals surface area contributed by atoms with Crippen molar-refractivity contribution >= 4 is 6.08 Å². The van der Waals surface area contributed by atoms with Gasteiger partial charge < -0.3 is 9.47 Å². The summed E-state index contributed by atoms with van der Waals surface area (Å²) in [6.45, 7) is 6.95. The third-order valence-corrected chi connectivity index (χ3v) is 5.29. The molecule has 2 aromatic carbocycles. The molecule has 1 aliphatic heterocycles. The van der Waals surface area contributed by atoms with E-state index in [-0.39, 0.29) is 6.79 Å². The number of nitrogens with zero attached hydrogens (tertiary/aromatic N) is 1. The summed E-state index contributed by atoms with van der Waals surface area (Å²) >= 11 is 0. The molecular formula is C24H31NO2. The molecule has 0 aliphatic carbocycles. The van der Waals surface area contributed by atoms with Crippen molar-refractivity contribution in [1.82, 2.24) is 4.90 Å². The molecule has 0 N–H and O–H groups in total. The summed E-state index contributed by atoms with van der Waals surface area (Å²) in [5, 5.41) is 0. The van der Waals surface area contributed by atoms with E-state index in [0.717, 1.165) is 17.9 Å². The number of likely N-dealkylation sites (N-methyl/N-ethyl adjacent to an activating group) is 1. The molecule has 144 valence electrons. The molecule has 2 aromatic rings. The Bertz CT molecular complexity index is 769. The van der Waals surface area contributed by atoms with Gasteiger partial charge in [0.15, 0.2) is 6.79 Å². The van der Waals surface area contributed by atoms with Crippen LogP contribution in [0.3, 0.4) is 0 Å². The highest BCUT2D eigenvalue weighted by molar-refractivity contribution is 5.79. The number of rotatable bonds is 7. The third-order valence-electron chi connectivity index (χ3n) is 5.29. The topological polar surface area (TPSA) is 21.7 Å². The molecule has 1 heterocycles. The number of likely N-dealkylation sites (tertiary alicyclic amines) is 1. The zero-order valence-electron chi connectivity index (χ0n) is 16.8. The molecule has 0 bridgehead atoms. The maximum atomic E-state index is 5.83. The first-order valence-electron chi connectivity index (χ1n) is 9.97. The van der Waals surface area contributed by atoms with Crippen LogP contribution in [0.25, 0.3) is 17.2 Å². The lowest BCUT2D eigenvalue weighted by atomic mass is 9.95. The van der Waals surface area contributed by atoms with Crippen molar-refractivity contribution in [2.45, 2.75) is 39.2 Å². The highest BCUT2D eigenvalue weighted by atomic mass is 16.7. The summed E-state index contributed by atoms with van der Waals surface area (Å²) in [6, 6.07) is 15.4. The summed E-state index contributed by atoms with van der Waals surface area (Å²) in [7, 11) is 1.65. The number of hydrogen-bond donors (Lipinski definition) is 0. The fourth-order valence-electron chi connectivity index (χ4n) is 3.83. The van der Waals surface area contributed by atoms with Gasteiger partial charge in [-0.2, -0.15) is 0 Å². The van der Waals surface area contributed by atoms with Crippen molar-refractivity contribution < 1.29 is 9.47 Å². The smallest absolute Gasteiger partial charge is 0.188 e. The zero-order valence-corrected chi connectivity index (χ0v) is 16.8. The van der Waals surface area contributed by atoms with Crippen LogP contribution in [0.5, 0.6) is 5.75 Å². The quantitative estimate of drug-likeness (QED) is 0.602. The lowest BCUT2D eigenvalue weighted by Gasteiger charge is -2.32. The van der Waals surface area contributed by atoms with Crippen molar-refractivity contribution in [2.24, 2.45) is 0 Å². The first kappa shape index (κ1) is 19.7. The molecule has 0 aromatic heterocycles. The fourth-order valence-corrected chi connectivity index (χ4v) is 3.83. The fraction of sp³-hybridized carbons (Fsp3) is 0.417. The standard InChI is InChI=1S/C24H31NO2/c1-4-25-16-8-7-10-21(25)14-13-20-9-5-6-11-22(20)23-17-19(2)12-15-24(23)27-18-26-3/h5-6,9,11-15,17,21H,4,7-8,10,16,18H2,1-3H3/b14-13+. The molecule has 0 saturated carbocycles. The molecule has 27 heavy (non-hydrogen) atoms. The van der Waals surface area contributed by atoms with Crippen LogP contribution in [0, 0.1) is 6.92 Å². The van der Waals surface area contributed by atoms with Crippen molar-refractivity contribution in [3.8, 4) is 16.9 Å². The number of ether oxygens (including phenoxy) is 2. The monoisotopic (exact) mass is 365 g/mol. The minimum Gasteiger partial charge on any atom is -0.467 e. The molecule has 1 unspecified atom stereocenters. The van der Waals surface area contributed by atoms with E-state index in [1.54, 1.807) is 7.11 Å². The Morgan fingerprint density at radius 1 is 1.11 bits per heavy atom. The predicted octanol–water partition coefficient (Wildman–Crippen LogP) is 5.53. The molecule has 1 saturated heterocycles. The van der Waals surface area contributed by atoms with E-state index in [0.29, 0.717) is 6.04 Å². The van der Waals surface area contributed by atoms with E-state index in [2.05, 4.69) is 67.3 Å². The number of aryl methyl sites for hydroxylation is 1. The zero-order chi connectivity index (χ0) is 19.1. The van der Waals surface area contributed by atoms with Crippen LogP contribution in [0.4, 0.5) is 0 Å². The minimum atomic E-state index is 0.252. The summed E-state index contributed by atoms with van der Waals surface area (Å²) in [5.74, 6) is 0.858. The first-order chi connectivity index (χ1) is 13.2. The Balaban J connectivity index is 1.92. The molecule has 3 nitrogen and oxygen atoms in total. The van der Waals surface area contributed by atoms with E-state index in [9.17, 15) is 0 Å². The Morgan fingerprint density at radius 3 is 2.78 bits per heavy atom. The van der Waals surface area contributed by atoms with Gasteiger partial charge in [-0.1, -0.05) is 61.4 Å². The van der Waals surface area contributed by atoms with Crippen LogP contribution in [-0.2, 0) is 4.74 Å². The Kier molecular flexibility index (Phi) is 7.08. The predicted molar refractivity (Wildman–Crippen MR) is 113 cm³/mol. The van der Waals surface area contributed by atoms with E-state index < -0.39 is 0 Å². The molecule has 0 spiro atoms. The van der Waals surface area contributed by atoms with Gasteiger partial charge in [-0.3, -0.25) is 4.90 Å². The summed E-state index contributed by atoms with van der Waals surface area (Å²) < 4.78 is 10.9. The van der Waals surface area contributed by atoms with Crippen LogP contribution in [0.15, 0.2) is 48.5 Å². The van der Waals surface area contributed by atoms with Gasteiger partial charge in [0.05, 0.1) is 0 Å². The van der Waals surface area contributed by atoms with Crippen LogP contribution in [0.2, 0.25) is 0 Å². The molecule has 1 aliphatic rings. The molecular weight excluding hydrogens is 334 g/mol. The van der Waals surface area contributed by atoms with Gasteiger partial charge in [-0.25, -0.2) is 0 Å². The maximum Gasteiger partial charge on any atom is 0.188 e. The molecule has 0 radical (unpaired) electrons. The molecule has 0 amide bonds. The van der Waals surface area contributed by atoms with Crippen LogP contribution >= 0.6 is 0 Å². The van der Waals surface area contributed by atoms with Crippen LogP contribution in [-0.4, -0.2) is 37.9 Å². The van der Waals surface area contributed by atoms with Crippen molar-refractivity contribution in [2.75, 3.05) is 27.0 Å². The third kappa shape index (κ3) is 5.00. The summed E-state index contributed by atoms with van der Waals surface area (Å²) in [4.78, 5) is 2.57.